The minimum Gasteiger partial charge on any atom is -0.484 e. The summed E-state index contributed by atoms with van der Waals surface area (Å²) >= 11 is 0. The summed E-state index contributed by atoms with van der Waals surface area (Å²) in [6.45, 7) is 5.46. The number of alkyl halides is 3. The monoisotopic (exact) mass is 357 g/mol. The van der Waals surface area contributed by atoms with Crippen LogP contribution in [0.25, 0.3) is 11.0 Å². The van der Waals surface area contributed by atoms with E-state index >= 15 is 0 Å². The Morgan fingerprint density at radius 2 is 1.92 bits per heavy atom. The molecule has 0 radical (unpaired) electrons. The molecule has 25 heavy (non-hydrogen) atoms. The first-order valence-electron chi connectivity index (χ1n) is 7.65. The Morgan fingerprint density at radius 3 is 2.52 bits per heavy atom. The number of fused-ring (bicyclic) bond motifs is 1. The lowest BCUT2D eigenvalue weighted by molar-refractivity contribution is -0.136. The fraction of sp³-hybridized carbons (Fsp3) is 0.412. The molecule has 1 N–H and O–H groups in total. The number of nitrogens with one attached hydrogen (secondary N) is 1. The van der Waals surface area contributed by atoms with Crippen LogP contribution < -0.4 is 15.7 Å². The SMILES string of the molecule is CC(C)[C@H](C)NC(=O)COc1ccc2c(C(F)(F)F)cc(=O)oc2c1. The van der Waals surface area contributed by atoms with Crippen LogP contribution in [-0.4, -0.2) is 18.6 Å². The zero-order valence-electron chi connectivity index (χ0n) is 13.9. The number of hydrogen-bond donors (Lipinski definition) is 1. The maximum absolute atomic E-state index is 13.0. The van der Waals surface area contributed by atoms with Gasteiger partial charge in [-0.15, -0.1) is 0 Å². The highest BCUT2D eigenvalue weighted by atomic mass is 19.4. The highest BCUT2D eigenvalue weighted by Gasteiger charge is 2.33. The third kappa shape index (κ3) is 4.74. The highest BCUT2D eigenvalue weighted by molar-refractivity contribution is 5.82. The van der Waals surface area contributed by atoms with Gasteiger partial charge in [-0.05, 0) is 25.0 Å². The van der Waals surface area contributed by atoms with Gasteiger partial charge < -0.3 is 14.5 Å². The number of hydrogen-bond acceptors (Lipinski definition) is 4. The van der Waals surface area contributed by atoms with E-state index < -0.39 is 17.4 Å². The molecule has 0 aliphatic heterocycles. The van der Waals surface area contributed by atoms with Crippen LogP contribution in [0.1, 0.15) is 26.3 Å². The third-order valence-electron chi connectivity index (χ3n) is 3.78. The summed E-state index contributed by atoms with van der Waals surface area (Å²) in [5.41, 5.74) is -2.44. The van der Waals surface area contributed by atoms with Crippen LogP contribution in [0.4, 0.5) is 13.2 Å². The summed E-state index contributed by atoms with van der Waals surface area (Å²) in [4.78, 5) is 23.1. The first kappa shape index (κ1) is 18.8. The van der Waals surface area contributed by atoms with Crippen LogP contribution in [0.2, 0.25) is 0 Å². The molecule has 1 aromatic carbocycles. The normalized spacial score (nSPS) is 13.1. The lowest BCUT2D eigenvalue weighted by Gasteiger charge is -2.17. The van der Waals surface area contributed by atoms with Crippen molar-refractivity contribution < 1.29 is 27.1 Å². The van der Waals surface area contributed by atoms with Crippen LogP contribution in [0.3, 0.4) is 0 Å². The predicted molar refractivity (Wildman–Crippen MR) is 85.4 cm³/mol. The molecule has 136 valence electrons. The van der Waals surface area contributed by atoms with Crippen molar-refractivity contribution in [3.8, 4) is 5.75 Å². The summed E-state index contributed by atoms with van der Waals surface area (Å²) in [6, 6.07) is 3.95. The van der Waals surface area contributed by atoms with Gasteiger partial charge in [-0.3, -0.25) is 4.79 Å². The van der Waals surface area contributed by atoms with E-state index in [9.17, 15) is 22.8 Å². The lowest BCUT2D eigenvalue weighted by atomic mass is 10.1. The van der Waals surface area contributed by atoms with Gasteiger partial charge in [0.05, 0.1) is 5.56 Å². The van der Waals surface area contributed by atoms with Crippen LogP contribution in [-0.2, 0) is 11.0 Å². The predicted octanol–water partition coefficient (Wildman–Crippen LogP) is 3.35. The molecule has 0 bridgehead atoms. The molecule has 0 unspecified atom stereocenters. The number of carbonyl (C=O) groups excluding carboxylic acids is 1. The zero-order chi connectivity index (χ0) is 18.8. The molecule has 1 heterocycles. The van der Waals surface area contributed by atoms with Crippen LogP contribution in [0, 0.1) is 5.92 Å². The van der Waals surface area contributed by atoms with Crippen molar-refractivity contribution in [2.75, 3.05) is 6.61 Å². The van der Waals surface area contributed by atoms with Crippen molar-refractivity contribution in [2.24, 2.45) is 5.92 Å². The van der Waals surface area contributed by atoms with Crippen molar-refractivity contribution in [3.05, 3.63) is 40.2 Å². The summed E-state index contributed by atoms with van der Waals surface area (Å²) in [6.07, 6.45) is -4.68. The molecule has 1 atom stereocenters. The van der Waals surface area contributed by atoms with Gasteiger partial charge in [-0.25, -0.2) is 4.79 Å². The largest absolute Gasteiger partial charge is 0.484 e. The zero-order valence-corrected chi connectivity index (χ0v) is 13.9. The Bertz CT molecular complexity index is 827. The molecule has 8 heteroatoms. The van der Waals surface area contributed by atoms with Crippen molar-refractivity contribution in [1.82, 2.24) is 5.32 Å². The Labute approximate surface area is 141 Å². The van der Waals surface area contributed by atoms with Gasteiger partial charge in [0, 0.05) is 23.6 Å². The Morgan fingerprint density at radius 1 is 1.24 bits per heavy atom. The number of amides is 1. The molecule has 0 aliphatic rings. The molecule has 0 saturated carbocycles. The molecule has 5 nitrogen and oxygen atoms in total. The standard InChI is InChI=1S/C17H18F3NO4/c1-9(2)10(3)21-15(22)8-24-11-4-5-12-13(17(18,19)20)7-16(23)25-14(12)6-11/h4-7,9-10H,8H2,1-3H3,(H,21,22)/t10-/m0/s1. The van der Waals surface area contributed by atoms with Crippen LogP contribution >= 0.6 is 0 Å². The number of rotatable bonds is 5. The van der Waals surface area contributed by atoms with E-state index in [0.29, 0.717) is 6.07 Å². The summed E-state index contributed by atoms with van der Waals surface area (Å²) in [5, 5.41) is 2.49. The molecule has 2 aromatic rings. The quantitative estimate of drug-likeness (QED) is 0.834. The van der Waals surface area contributed by atoms with Gasteiger partial charge in [0.1, 0.15) is 11.3 Å². The van der Waals surface area contributed by atoms with Gasteiger partial charge >= 0.3 is 11.8 Å². The molecular formula is C17H18F3NO4. The summed E-state index contributed by atoms with van der Waals surface area (Å²) in [7, 11) is 0. The lowest BCUT2D eigenvalue weighted by Crippen LogP contribution is -2.38. The fourth-order valence-corrected chi connectivity index (χ4v) is 2.08. The van der Waals surface area contributed by atoms with E-state index in [1.807, 2.05) is 20.8 Å². The minimum absolute atomic E-state index is 0.0416. The van der Waals surface area contributed by atoms with E-state index in [1.165, 1.54) is 6.07 Å². The van der Waals surface area contributed by atoms with Crippen LogP contribution in [0.5, 0.6) is 5.75 Å². The molecule has 0 aliphatic carbocycles. The first-order chi connectivity index (χ1) is 11.6. The van der Waals surface area contributed by atoms with Gasteiger partial charge in [0.2, 0.25) is 0 Å². The number of carbonyl (C=O) groups is 1. The van der Waals surface area contributed by atoms with Crippen molar-refractivity contribution >= 4 is 16.9 Å². The molecule has 0 spiro atoms. The van der Waals surface area contributed by atoms with E-state index in [-0.39, 0.29) is 41.2 Å². The Balaban J connectivity index is 2.19. The number of benzene rings is 1. The fourth-order valence-electron chi connectivity index (χ4n) is 2.08. The average molecular weight is 357 g/mol. The molecule has 1 amide bonds. The summed E-state index contributed by atoms with van der Waals surface area (Å²) in [5.74, 6) is 0.0220. The van der Waals surface area contributed by atoms with Crippen LogP contribution in [0.15, 0.2) is 33.5 Å². The Kier molecular flexibility index (Phi) is 5.39. The molecule has 0 saturated heterocycles. The number of halogens is 3. The first-order valence-corrected chi connectivity index (χ1v) is 7.65. The van der Waals surface area contributed by atoms with E-state index in [0.717, 1.165) is 12.1 Å². The van der Waals surface area contributed by atoms with Crippen molar-refractivity contribution in [3.63, 3.8) is 0 Å². The smallest absolute Gasteiger partial charge is 0.417 e. The van der Waals surface area contributed by atoms with E-state index in [2.05, 4.69) is 5.32 Å². The topological polar surface area (TPSA) is 68.5 Å². The molecular weight excluding hydrogens is 339 g/mol. The molecule has 2 rings (SSSR count). The second kappa shape index (κ2) is 7.16. The number of ether oxygens (including phenoxy) is 1. The minimum atomic E-state index is -4.68. The van der Waals surface area contributed by atoms with Gasteiger partial charge in [-0.1, -0.05) is 13.8 Å². The van der Waals surface area contributed by atoms with Gasteiger partial charge in [0.15, 0.2) is 6.61 Å². The second-order valence-corrected chi connectivity index (χ2v) is 6.02. The highest BCUT2D eigenvalue weighted by Crippen LogP contribution is 2.34. The van der Waals surface area contributed by atoms with Crippen molar-refractivity contribution in [2.45, 2.75) is 33.0 Å². The molecule has 0 fully saturated rings. The van der Waals surface area contributed by atoms with Gasteiger partial charge in [0.25, 0.3) is 5.91 Å². The average Bonchev–Trinajstić information content (AvgIpc) is 2.50. The maximum Gasteiger partial charge on any atom is 0.417 e. The van der Waals surface area contributed by atoms with Gasteiger partial charge in [-0.2, -0.15) is 13.2 Å². The van der Waals surface area contributed by atoms with Crippen molar-refractivity contribution in [1.29, 1.82) is 0 Å². The third-order valence-corrected chi connectivity index (χ3v) is 3.78. The maximum atomic E-state index is 13.0. The second-order valence-electron chi connectivity index (χ2n) is 6.02. The Hall–Kier alpha value is -2.51. The summed E-state index contributed by atoms with van der Waals surface area (Å²) < 4.78 is 49.0. The van der Waals surface area contributed by atoms with E-state index in [4.69, 9.17) is 9.15 Å². The molecule has 1 aromatic heterocycles. The van der Waals surface area contributed by atoms with E-state index in [1.54, 1.807) is 0 Å².